The number of unbranched alkanes of at least 4 members (excludes halogenated alkanes) is 1. The van der Waals surface area contributed by atoms with Gasteiger partial charge in [-0.05, 0) is 25.7 Å². The maximum Gasteiger partial charge on any atom is 0.225 e. The molecule has 1 unspecified atom stereocenters. The van der Waals surface area contributed by atoms with Gasteiger partial charge in [-0.3, -0.25) is 4.79 Å². The summed E-state index contributed by atoms with van der Waals surface area (Å²) >= 11 is 3.51. The molecule has 0 bridgehead atoms. The van der Waals surface area contributed by atoms with Gasteiger partial charge < -0.3 is 4.90 Å². The van der Waals surface area contributed by atoms with Crippen LogP contribution in [0.3, 0.4) is 0 Å². The standard InChI is InChI=1S/C16H30BrNO/c1-3-5-9-14(4-2)16(19)18(13-12-17)15-10-7-6-8-11-15/h14-15H,3-13H2,1-2H3. The maximum atomic E-state index is 12.8. The van der Waals surface area contributed by atoms with Crippen molar-refractivity contribution in [3.63, 3.8) is 0 Å². The Balaban J connectivity index is 2.63. The fourth-order valence-corrected chi connectivity index (χ4v) is 3.53. The molecule has 0 radical (unpaired) electrons. The molecule has 1 amide bonds. The summed E-state index contributed by atoms with van der Waals surface area (Å²) in [7, 11) is 0. The third kappa shape index (κ3) is 5.45. The zero-order valence-electron chi connectivity index (χ0n) is 12.7. The molecule has 1 atom stereocenters. The van der Waals surface area contributed by atoms with Crippen LogP contribution in [0.15, 0.2) is 0 Å². The van der Waals surface area contributed by atoms with Crippen LogP contribution in [0.25, 0.3) is 0 Å². The van der Waals surface area contributed by atoms with Crippen LogP contribution < -0.4 is 0 Å². The highest BCUT2D eigenvalue weighted by Gasteiger charge is 2.28. The molecule has 1 rings (SSSR count). The number of alkyl halides is 1. The van der Waals surface area contributed by atoms with Crippen molar-refractivity contribution in [3.05, 3.63) is 0 Å². The lowest BCUT2D eigenvalue weighted by molar-refractivity contribution is -0.138. The minimum absolute atomic E-state index is 0.251. The van der Waals surface area contributed by atoms with Crippen molar-refractivity contribution in [2.45, 2.75) is 77.7 Å². The highest BCUT2D eigenvalue weighted by molar-refractivity contribution is 9.09. The van der Waals surface area contributed by atoms with E-state index in [2.05, 4.69) is 34.7 Å². The van der Waals surface area contributed by atoms with Crippen LogP contribution >= 0.6 is 15.9 Å². The topological polar surface area (TPSA) is 20.3 Å². The molecule has 0 aromatic rings. The summed E-state index contributed by atoms with van der Waals surface area (Å²) in [5.74, 6) is 0.670. The van der Waals surface area contributed by atoms with Crippen molar-refractivity contribution in [1.82, 2.24) is 4.90 Å². The van der Waals surface area contributed by atoms with E-state index in [1.807, 2.05) is 0 Å². The molecule has 0 aliphatic heterocycles. The van der Waals surface area contributed by atoms with Crippen molar-refractivity contribution in [1.29, 1.82) is 0 Å². The molecule has 1 fully saturated rings. The molecule has 3 heteroatoms. The van der Waals surface area contributed by atoms with E-state index in [1.54, 1.807) is 0 Å². The van der Waals surface area contributed by atoms with Gasteiger partial charge in [-0.1, -0.05) is 61.9 Å². The van der Waals surface area contributed by atoms with E-state index in [-0.39, 0.29) is 5.92 Å². The van der Waals surface area contributed by atoms with Crippen LogP contribution in [-0.2, 0) is 4.79 Å². The minimum Gasteiger partial charge on any atom is -0.339 e. The van der Waals surface area contributed by atoms with E-state index in [9.17, 15) is 4.79 Å². The Morgan fingerprint density at radius 1 is 1.26 bits per heavy atom. The second-order valence-corrected chi connectivity index (χ2v) is 6.55. The zero-order chi connectivity index (χ0) is 14.1. The molecular weight excluding hydrogens is 302 g/mol. The molecule has 0 saturated heterocycles. The molecule has 0 N–H and O–H groups in total. The summed E-state index contributed by atoms with van der Waals surface area (Å²) in [6, 6.07) is 0.509. The quantitative estimate of drug-likeness (QED) is 0.587. The van der Waals surface area contributed by atoms with Gasteiger partial charge >= 0.3 is 0 Å². The summed E-state index contributed by atoms with van der Waals surface area (Å²) in [5, 5.41) is 0.902. The summed E-state index contributed by atoms with van der Waals surface area (Å²) in [5.41, 5.74) is 0. The lowest BCUT2D eigenvalue weighted by Crippen LogP contribution is -2.45. The Morgan fingerprint density at radius 3 is 2.47 bits per heavy atom. The zero-order valence-corrected chi connectivity index (χ0v) is 14.3. The number of nitrogens with zero attached hydrogens (tertiary/aromatic N) is 1. The molecule has 2 nitrogen and oxygen atoms in total. The average Bonchev–Trinajstić information content (AvgIpc) is 2.46. The first kappa shape index (κ1) is 17.0. The maximum absolute atomic E-state index is 12.8. The van der Waals surface area contributed by atoms with Crippen LogP contribution in [0, 0.1) is 5.92 Å². The predicted octanol–water partition coefficient (Wildman–Crippen LogP) is 4.76. The highest BCUT2D eigenvalue weighted by atomic mass is 79.9. The monoisotopic (exact) mass is 331 g/mol. The highest BCUT2D eigenvalue weighted by Crippen LogP contribution is 2.26. The second kappa shape index (κ2) is 9.79. The van der Waals surface area contributed by atoms with Gasteiger partial charge in [-0.15, -0.1) is 0 Å². The molecule has 19 heavy (non-hydrogen) atoms. The third-order valence-corrected chi connectivity index (χ3v) is 4.73. The number of halogens is 1. The molecule has 0 aromatic heterocycles. The fourth-order valence-electron chi connectivity index (χ4n) is 3.14. The van der Waals surface area contributed by atoms with Gasteiger partial charge in [-0.25, -0.2) is 0 Å². The third-order valence-electron chi connectivity index (χ3n) is 4.37. The van der Waals surface area contributed by atoms with Gasteiger partial charge in [-0.2, -0.15) is 0 Å². The van der Waals surface area contributed by atoms with E-state index >= 15 is 0 Å². The van der Waals surface area contributed by atoms with Crippen LogP contribution in [-0.4, -0.2) is 28.7 Å². The largest absolute Gasteiger partial charge is 0.339 e. The normalized spacial score (nSPS) is 18.3. The predicted molar refractivity (Wildman–Crippen MR) is 85.7 cm³/mol. The Hall–Kier alpha value is -0.0500. The minimum atomic E-state index is 0.251. The van der Waals surface area contributed by atoms with Gasteiger partial charge in [0.25, 0.3) is 0 Å². The summed E-state index contributed by atoms with van der Waals surface area (Å²) in [6.45, 7) is 5.24. The van der Waals surface area contributed by atoms with E-state index < -0.39 is 0 Å². The van der Waals surface area contributed by atoms with Crippen molar-refractivity contribution in [3.8, 4) is 0 Å². The lowest BCUT2D eigenvalue weighted by Gasteiger charge is -2.36. The molecule has 1 aliphatic rings. The van der Waals surface area contributed by atoms with Crippen LogP contribution in [0.4, 0.5) is 0 Å². The SMILES string of the molecule is CCCCC(CC)C(=O)N(CCBr)C1CCCCC1. The van der Waals surface area contributed by atoms with Crippen molar-refractivity contribution in [2.24, 2.45) is 5.92 Å². The number of rotatable bonds is 8. The number of hydrogen-bond donors (Lipinski definition) is 0. The second-order valence-electron chi connectivity index (χ2n) is 5.76. The van der Waals surface area contributed by atoms with Crippen LogP contribution in [0.5, 0.6) is 0 Å². The fraction of sp³-hybridized carbons (Fsp3) is 0.938. The van der Waals surface area contributed by atoms with E-state index in [1.165, 1.54) is 44.9 Å². The summed E-state index contributed by atoms with van der Waals surface area (Å²) in [4.78, 5) is 15.0. The first-order valence-corrected chi connectivity index (χ1v) is 9.23. The van der Waals surface area contributed by atoms with Crippen molar-refractivity contribution >= 4 is 21.8 Å². The Bertz CT molecular complexity index is 251. The lowest BCUT2D eigenvalue weighted by atomic mass is 9.91. The molecule has 0 aromatic carbocycles. The average molecular weight is 332 g/mol. The molecule has 1 saturated carbocycles. The molecule has 112 valence electrons. The van der Waals surface area contributed by atoms with Gasteiger partial charge in [0.15, 0.2) is 0 Å². The molecule has 1 aliphatic carbocycles. The van der Waals surface area contributed by atoms with Gasteiger partial charge in [0.05, 0.1) is 0 Å². The number of carbonyl (C=O) groups is 1. The summed E-state index contributed by atoms with van der Waals surface area (Å²) < 4.78 is 0. The Labute approximate surface area is 127 Å². The van der Waals surface area contributed by atoms with Crippen LogP contribution in [0.2, 0.25) is 0 Å². The van der Waals surface area contributed by atoms with Gasteiger partial charge in [0, 0.05) is 23.8 Å². The number of hydrogen-bond acceptors (Lipinski definition) is 1. The number of carbonyl (C=O) groups excluding carboxylic acids is 1. The first-order chi connectivity index (χ1) is 9.24. The van der Waals surface area contributed by atoms with E-state index in [0.29, 0.717) is 11.9 Å². The van der Waals surface area contributed by atoms with Gasteiger partial charge in [0.2, 0.25) is 5.91 Å². The Kier molecular flexibility index (Phi) is 8.76. The Morgan fingerprint density at radius 2 is 1.95 bits per heavy atom. The number of amides is 1. The van der Waals surface area contributed by atoms with E-state index in [4.69, 9.17) is 0 Å². The van der Waals surface area contributed by atoms with Crippen molar-refractivity contribution in [2.75, 3.05) is 11.9 Å². The van der Waals surface area contributed by atoms with Crippen molar-refractivity contribution < 1.29 is 4.79 Å². The summed E-state index contributed by atoms with van der Waals surface area (Å²) in [6.07, 6.45) is 10.8. The van der Waals surface area contributed by atoms with Crippen LogP contribution in [0.1, 0.15) is 71.6 Å². The molecule has 0 heterocycles. The molecule has 0 spiro atoms. The van der Waals surface area contributed by atoms with Gasteiger partial charge in [0.1, 0.15) is 0 Å². The smallest absolute Gasteiger partial charge is 0.225 e. The van der Waals surface area contributed by atoms with E-state index in [0.717, 1.165) is 24.7 Å². The first-order valence-electron chi connectivity index (χ1n) is 8.11. The molecular formula is C16H30BrNO.